The molecule has 1 aliphatic carbocycles. The van der Waals surface area contributed by atoms with E-state index in [-0.39, 0.29) is 17.7 Å². The van der Waals surface area contributed by atoms with Crippen molar-refractivity contribution in [2.45, 2.75) is 51.4 Å². The molecule has 0 unspecified atom stereocenters. The van der Waals surface area contributed by atoms with E-state index in [2.05, 4.69) is 5.32 Å². The molecule has 0 aromatic heterocycles. The van der Waals surface area contributed by atoms with E-state index in [0.29, 0.717) is 25.7 Å². The Hall–Kier alpha value is -1.10. The maximum Gasteiger partial charge on any atom is 0.306 e. The predicted octanol–water partition coefficient (Wildman–Crippen LogP) is 1.51. The van der Waals surface area contributed by atoms with Gasteiger partial charge in [0.05, 0.1) is 5.92 Å². The molecule has 0 radical (unpaired) electrons. The summed E-state index contributed by atoms with van der Waals surface area (Å²) in [7, 11) is 0. The first-order valence-electron chi connectivity index (χ1n) is 7.35. The van der Waals surface area contributed by atoms with Crippen LogP contribution in [0.4, 0.5) is 0 Å². The molecule has 0 atom stereocenters. The third kappa shape index (κ3) is 6.05. The number of amides is 1. The molecule has 1 saturated carbocycles. The zero-order valence-electron chi connectivity index (χ0n) is 11.6. The van der Waals surface area contributed by atoms with Gasteiger partial charge in [-0.15, -0.1) is 0 Å². The van der Waals surface area contributed by atoms with Crippen LogP contribution in [-0.2, 0) is 9.59 Å². The molecule has 0 aliphatic heterocycles. The zero-order chi connectivity index (χ0) is 14.1. The molecule has 4 N–H and O–H groups in total. The van der Waals surface area contributed by atoms with E-state index in [1.165, 1.54) is 0 Å². The largest absolute Gasteiger partial charge is 0.481 e. The van der Waals surface area contributed by atoms with Gasteiger partial charge in [-0.2, -0.15) is 0 Å². The van der Waals surface area contributed by atoms with Crippen LogP contribution in [-0.4, -0.2) is 30.1 Å². The van der Waals surface area contributed by atoms with Crippen LogP contribution in [0.25, 0.3) is 0 Å². The van der Waals surface area contributed by atoms with Gasteiger partial charge in [0.2, 0.25) is 5.91 Å². The van der Waals surface area contributed by atoms with E-state index < -0.39 is 5.97 Å². The molecule has 0 spiro atoms. The number of nitrogens with two attached hydrogens (primary N) is 1. The number of unbranched alkanes of at least 4 members (excludes halogenated alkanes) is 3. The highest BCUT2D eigenvalue weighted by atomic mass is 16.4. The maximum absolute atomic E-state index is 11.9. The number of aliphatic carboxylic acids is 1. The average Bonchev–Trinajstić information content (AvgIpc) is 2.42. The fraction of sp³-hybridized carbons (Fsp3) is 0.857. The third-order valence-electron chi connectivity index (χ3n) is 3.88. The summed E-state index contributed by atoms with van der Waals surface area (Å²) >= 11 is 0. The number of carboxylic acids is 1. The van der Waals surface area contributed by atoms with Gasteiger partial charge in [-0.05, 0) is 45.1 Å². The van der Waals surface area contributed by atoms with Crippen LogP contribution in [0.5, 0.6) is 0 Å². The second-order valence-electron chi connectivity index (χ2n) is 5.38. The van der Waals surface area contributed by atoms with E-state index >= 15 is 0 Å². The SMILES string of the molecule is NCCCCCCNC(=O)C1CCC(C(=O)O)CC1. The number of rotatable bonds is 8. The van der Waals surface area contributed by atoms with Crippen LogP contribution in [0.3, 0.4) is 0 Å². The van der Waals surface area contributed by atoms with Gasteiger partial charge in [-0.3, -0.25) is 9.59 Å². The molecule has 0 aromatic rings. The Kier molecular flexibility index (Phi) is 7.48. The standard InChI is InChI=1S/C14H26N2O3/c15-9-3-1-2-4-10-16-13(17)11-5-7-12(8-6-11)14(18)19/h11-12H,1-10,15H2,(H,16,17)(H,18,19). The fourth-order valence-electron chi connectivity index (χ4n) is 2.58. The van der Waals surface area contributed by atoms with Crippen LogP contribution in [0.15, 0.2) is 0 Å². The summed E-state index contributed by atoms with van der Waals surface area (Å²) in [6, 6.07) is 0. The number of hydrogen-bond acceptors (Lipinski definition) is 3. The Morgan fingerprint density at radius 1 is 1.00 bits per heavy atom. The van der Waals surface area contributed by atoms with Crippen molar-refractivity contribution in [2.24, 2.45) is 17.6 Å². The second-order valence-corrected chi connectivity index (χ2v) is 5.38. The van der Waals surface area contributed by atoms with Gasteiger partial charge < -0.3 is 16.2 Å². The summed E-state index contributed by atoms with van der Waals surface area (Å²) in [6.07, 6.45) is 6.93. The lowest BCUT2D eigenvalue weighted by atomic mass is 9.81. The fourth-order valence-corrected chi connectivity index (χ4v) is 2.58. The Morgan fingerprint density at radius 3 is 2.16 bits per heavy atom. The van der Waals surface area contributed by atoms with Crippen LogP contribution in [0.1, 0.15) is 51.4 Å². The summed E-state index contributed by atoms with van der Waals surface area (Å²) in [5, 5.41) is 11.9. The molecule has 110 valence electrons. The van der Waals surface area contributed by atoms with Gasteiger partial charge in [-0.25, -0.2) is 0 Å². The topological polar surface area (TPSA) is 92.4 Å². The molecule has 19 heavy (non-hydrogen) atoms. The molecule has 1 aliphatic rings. The average molecular weight is 270 g/mol. The van der Waals surface area contributed by atoms with Crippen molar-refractivity contribution in [1.29, 1.82) is 0 Å². The summed E-state index contributed by atoms with van der Waals surface area (Å²) in [6.45, 7) is 1.46. The van der Waals surface area contributed by atoms with Gasteiger partial charge in [-0.1, -0.05) is 12.8 Å². The van der Waals surface area contributed by atoms with E-state index in [1.807, 2.05) is 0 Å². The first-order chi connectivity index (χ1) is 9.15. The minimum Gasteiger partial charge on any atom is -0.481 e. The van der Waals surface area contributed by atoms with Crippen molar-refractivity contribution in [3.8, 4) is 0 Å². The molecule has 5 nitrogen and oxygen atoms in total. The predicted molar refractivity (Wildman–Crippen MR) is 73.6 cm³/mol. The smallest absolute Gasteiger partial charge is 0.306 e. The Bertz CT molecular complexity index is 286. The minimum atomic E-state index is -0.723. The molecule has 0 aromatic carbocycles. The number of carbonyl (C=O) groups excluding carboxylic acids is 1. The molecule has 1 fully saturated rings. The molecule has 5 heteroatoms. The van der Waals surface area contributed by atoms with Crippen molar-refractivity contribution in [3.63, 3.8) is 0 Å². The summed E-state index contributed by atoms with van der Waals surface area (Å²) < 4.78 is 0. The lowest BCUT2D eigenvalue weighted by Crippen LogP contribution is -2.34. The van der Waals surface area contributed by atoms with E-state index in [9.17, 15) is 9.59 Å². The Morgan fingerprint density at radius 2 is 1.58 bits per heavy atom. The minimum absolute atomic E-state index is 0.0136. The van der Waals surface area contributed by atoms with Crippen LogP contribution < -0.4 is 11.1 Å². The molecule has 1 amide bonds. The van der Waals surface area contributed by atoms with E-state index in [0.717, 1.165) is 38.8 Å². The zero-order valence-corrected chi connectivity index (χ0v) is 11.6. The van der Waals surface area contributed by atoms with Crippen molar-refractivity contribution in [3.05, 3.63) is 0 Å². The van der Waals surface area contributed by atoms with Crippen LogP contribution >= 0.6 is 0 Å². The molecule has 0 saturated heterocycles. The highest BCUT2D eigenvalue weighted by molar-refractivity contribution is 5.79. The van der Waals surface area contributed by atoms with Crippen molar-refractivity contribution < 1.29 is 14.7 Å². The summed E-state index contributed by atoms with van der Waals surface area (Å²) in [5.41, 5.74) is 5.41. The van der Waals surface area contributed by atoms with Crippen molar-refractivity contribution >= 4 is 11.9 Å². The number of hydrogen-bond donors (Lipinski definition) is 3. The molecular weight excluding hydrogens is 244 g/mol. The van der Waals surface area contributed by atoms with Crippen LogP contribution in [0.2, 0.25) is 0 Å². The highest BCUT2D eigenvalue weighted by Crippen LogP contribution is 2.28. The second kappa shape index (κ2) is 8.91. The Balaban J connectivity index is 2.09. The molecule has 0 bridgehead atoms. The monoisotopic (exact) mass is 270 g/mol. The molecule has 0 heterocycles. The normalized spacial score (nSPS) is 23.0. The third-order valence-corrected chi connectivity index (χ3v) is 3.88. The maximum atomic E-state index is 11.9. The van der Waals surface area contributed by atoms with Gasteiger partial charge in [0.25, 0.3) is 0 Å². The quantitative estimate of drug-likeness (QED) is 0.583. The molecule has 1 rings (SSSR count). The van der Waals surface area contributed by atoms with E-state index in [4.69, 9.17) is 10.8 Å². The van der Waals surface area contributed by atoms with Gasteiger partial charge in [0, 0.05) is 12.5 Å². The van der Waals surface area contributed by atoms with E-state index in [1.54, 1.807) is 0 Å². The highest BCUT2D eigenvalue weighted by Gasteiger charge is 2.29. The van der Waals surface area contributed by atoms with Crippen molar-refractivity contribution in [2.75, 3.05) is 13.1 Å². The summed E-state index contributed by atoms with van der Waals surface area (Å²) in [5.74, 6) is -0.860. The first kappa shape index (κ1) is 16.0. The van der Waals surface area contributed by atoms with Crippen molar-refractivity contribution in [1.82, 2.24) is 5.32 Å². The van der Waals surface area contributed by atoms with Gasteiger partial charge in [0.1, 0.15) is 0 Å². The van der Waals surface area contributed by atoms with Gasteiger partial charge >= 0.3 is 5.97 Å². The van der Waals surface area contributed by atoms with Gasteiger partial charge in [0.15, 0.2) is 0 Å². The lowest BCUT2D eigenvalue weighted by molar-refractivity contribution is -0.144. The lowest BCUT2D eigenvalue weighted by Gasteiger charge is -2.25. The number of carbonyl (C=O) groups is 2. The number of nitrogens with one attached hydrogen (secondary N) is 1. The van der Waals surface area contributed by atoms with Crippen LogP contribution in [0, 0.1) is 11.8 Å². The first-order valence-corrected chi connectivity index (χ1v) is 7.35. The Labute approximate surface area is 114 Å². The summed E-state index contributed by atoms with van der Waals surface area (Å²) in [4.78, 5) is 22.7. The number of carboxylic acid groups (broad SMARTS) is 1. The molecular formula is C14H26N2O3.